The fourth-order valence-electron chi connectivity index (χ4n) is 2.25. The predicted octanol–water partition coefficient (Wildman–Crippen LogP) is 2.63. The molecule has 0 saturated carbocycles. The van der Waals surface area contributed by atoms with Crippen molar-refractivity contribution in [3.05, 3.63) is 41.9 Å². The maximum atomic E-state index is 11.6. The van der Waals surface area contributed by atoms with Gasteiger partial charge in [-0.25, -0.2) is 4.98 Å². The van der Waals surface area contributed by atoms with Crippen molar-refractivity contribution in [2.75, 3.05) is 12.4 Å². The van der Waals surface area contributed by atoms with Crippen molar-refractivity contribution < 1.29 is 4.79 Å². The van der Waals surface area contributed by atoms with Gasteiger partial charge in [-0.1, -0.05) is 13.3 Å². The summed E-state index contributed by atoms with van der Waals surface area (Å²) in [5.74, 6) is 0.0515. The molecule has 0 atom stereocenters. The van der Waals surface area contributed by atoms with Gasteiger partial charge in [0.2, 0.25) is 0 Å². The molecule has 0 radical (unpaired) electrons. The first-order valence-electron chi connectivity index (χ1n) is 7.09. The van der Waals surface area contributed by atoms with E-state index in [1.54, 1.807) is 19.4 Å². The van der Waals surface area contributed by atoms with E-state index in [0.717, 1.165) is 36.1 Å². The minimum atomic E-state index is -0.482. The van der Waals surface area contributed by atoms with E-state index in [-0.39, 0.29) is 0 Å². The van der Waals surface area contributed by atoms with Crippen molar-refractivity contribution in [3.8, 4) is 11.1 Å². The van der Waals surface area contributed by atoms with Crippen molar-refractivity contribution in [3.63, 3.8) is 0 Å². The fraction of sp³-hybridized carbons (Fsp3) is 0.312. The number of primary amides is 1. The minimum Gasteiger partial charge on any atom is -0.372 e. The molecule has 0 bridgehead atoms. The first-order chi connectivity index (χ1) is 10.2. The van der Waals surface area contributed by atoms with Crippen molar-refractivity contribution >= 4 is 11.7 Å². The van der Waals surface area contributed by atoms with Crippen LogP contribution >= 0.6 is 0 Å². The first-order valence-corrected chi connectivity index (χ1v) is 7.09. The Kier molecular flexibility index (Phi) is 4.87. The summed E-state index contributed by atoms with van der Waals surface area (Å²) >= 11 is 0. The summed E-state index contributed by atoms with van der Waals surface area (Å²) < 4.78 is 0. The number of hydrogen-bond acceptors (Lipinski definition) is 4. The van der Waals surface area contributed by atoms with Crippen LogP contribution in [0.4, 0.5) is 5.82 Å². The molecule has 0 spiro atoms. The van der Waals surface area contributed by atoms with Gasteiger partial charge in [-0.15, -0.1) is 0 Å². The number of nitrogens with zero attached hydrogens (tertiary/aromatic N) is 2. The van der Waals surface area contributed by atoms with E-state index in [4.69, 9.17) is 5.73 Å². The Morgan fingerprint density at radius 2 is 2.05 bits per heavy atom. The molecule has 5 nitrogen and oxygen atoms in total. The minimum absolute atomic E-state index is 0.407. The number of rotatable bonds is 6. The maximum absolute atomic E-state index is 11.6. The number of hydrogen-bond donors (Lipinski definition) is 2. The van der Waals surface area contributed by atoms with E-state index >= 15 is 0 Å². The molecular formula is C16H20N4O. The second-order valence-corrected chi connectivity index (χ2v) is 4.83. The second kappa shape index (κ2) is 6.83. The third-order valence-electron chi connectivity index (χ3n) is 3.36. The largest absolute Gasteiger partial charge is 0.372 e. The third-order valence-corrected chi connectivity index (χ3v) is 3.36. The highest BCUT2D eigenvalue weighted by Crippen LogP contribution is 2.27. The van der Waals surface area contributed by atoms with Crippen LogP contribution in [-0.4, -0.2) is 22.9 Å². The van der Waals surface area contributed by atoms with Crippen LogP contribution in [0.2, 0.25) is 0 Å². The topological polar surface area (TPSA) is 80.9 Å². The van der Waals surface area contributed by atoms with Gasteiger partial charge >= 0.3 is 0 Å². The lowest BCUT2D eigenvalue weighted by Gasteiger charge is -2.14. The number of amides is 1. The molecule has 0 fully saturated rings. The summed E-state index contributed by atoms with van der Waals surface area (Å²) in [6.07, 6.45) is 6.46. The summed E-state index contributed by atoms with van der Waals surface area (Å²) in [4.78, 5) is 20.2. The molecule has 3 N–H and O–H groups in total. The quantitative estimate of drug-likeness (QED) is 0.854. The van der Waals surface area contributed by atoms with Crippen LogP contribution in [0.25, 0.3) is 11.1 Å². The summed E-state index contributed by atoms with van der Waals surface area (Å²) in [6, 6.07) is 5.65. The lowest BCUT2D eigenvalue weighted by Crippen LogP contribution is -2.16. The van der Waals surface area contributed by atoms with E-state index in [1.165, 1.54) is 0 Å². The Balaban J connectivity index is 2.58. The summed E-state index contributed by atoms with van der Waals surface area (Å²) in [5, 5.41) is 2.95. The van der Waals surface area contributed by atoms with Crippen molar-refractivity contribution in [1.29, 1.82) is 0 Å². The van der Waals surface area contributed by atoms with E-state index in [2.05, 4.69) is 22.2 Å². The first kappa shape index (κ1) is 15.0. The Hall–Kier alpha value is -2.43. The summed E-state index contributed by atoms with van der Waals surface area (Å²) in [5.41, 5.74) is 8.77. The van der Waals surface area contributed by atoms with Crippen LogP contribution in [0.1, 0.15) is 35.8 Å². The molecule has 0 aliphatic heterocycles. The molecular weight excluding hydrogens is 264 g/mol. The highest BCUT2D eigenvalue weighted by Gasteiger charge is 2.15. The van der Waals surface area contributed by atoms with E-state index in [9.17, 15) is 4.79 Å². The maximum Gasteiger partial charge on any atom is 0.252 e. The van der Waals surface area contributed by atoms with Gasteiger partial charge in [-0.2, -0.15) is 0 Å². The molecule has 2 heterocycles. The Bertz CT molecular complexity index is 626. The Morgan fingerprint density at radius 3 is 2.62 bits per heavy atom. The number of carbonyl (C=O) groups is 1. The Labute approximate surface area is 124 Å². The van der Waals surface area contributed by atoms with Gasteiger partial charge in [0, 0.05) is 25.0 Å². The number of pyridine rings is 2. The smallest absolute Gasteiger partial charge is 0.252 e. The molecule has 0 saturated heterocycles. The SMILES string of the molecule is CCCCc1nc(NC)c(C(N)=O)cc1-c1ccncc1. The summed E-state index contributed by atoms with van der Waals surface area (Å²) in [6.45, 7) is 2.14. The van der Waals surface area contributed by atoms with Crippen LogP contribution in [0.3, 0.4) is 0 Å². The molecule has 2 rings (SSSR count). The third kappa shape index (κ3) is 3.37. The highest BCUT2D eigenvalue weighted by molar-refractivity contribution is 5.99. The van der Waals surface area contributed by atoms with Gasteiger partial charge in [-0.05, 0) is 36.6 Å². The van der Waals surface area contributed by atoms with Crippen LogP contribution in [0, 0.1) is 0 Å². The zero-order valence-electron chi connectivity index (χ0n) is 12.4. The van der Waals surface area contributed by atoms with Crippen LogP contribution in [0.15, 0.2) is 30.6 Å². The monoisotopic (exact) mass is 284 g/mol. The molecule has 0 unspecified atom stereocenters. The molecule has 5 heteroatoms. The lowest BCUT2D eigenvalue weighted by molar-refractivity contribution is 0.100. The van der Waals surface area contributed by atoms with Gasteiger partial charge in [-0.3, -0.25) is 9.78 Å². The van der Waals surface area contributed by atoms with Crippen LogP contribution in [0.5, 0.6) is 0 Å². The van der Waals surface area contributed by atoms with Crippen molar-refractivity contribution in [1.82, 2.24) is 9.97 Å². The van der Waals surface area contributed by atoms with E-state index in [1.807, 2.05) is 18.2 Å². The van der Waals surface area contributed by atoms with Gasteiger partial charge in [0.1, 0.15) is 5.82 Å². The molecule has 0 aromatic carbocycles. The lowest BCUT2D eigenvalue weighted by atomic mass is 9.99. The zero-order chi connectivity index (χ0) is 15.2. The molecule has 2 aromatic rings. The van der Waals surface area contributed by atoms with E-state index in [0.29, 0.717) is 11.4 Å². The van der Waals surface area contributed by atoms with Crippen LogP contribution in [-0.2, 0) is 6.42 Å². The molecule has 2 aromatic heterocycles. The average molecular weight is 284 g/mol. The standard InChI is InChI=1S/C16H20N4O/c1-3-4-5-14-12(11-6-8-19-9-7-11)10-13(15(17)21)16(18-2)20-14/h6-10H,3-5H2,1-2H3,(H2,17,21)(H,18,20). The molecule has 1 amide bonds. The normalized spacial score (nSPS) is 10.4. The predicted molar refractivity (Wildman–Crippen MR) is 84.1 cm³/mol. The number of aromatic nitrogens is 2. The summed E-state index contributed by atoms with van der Waals surface area (Å²) in [7, 11) is 1.74. The average Bonchev–Trinajstić information content (AvgIpc) is 2.52. The van der Waals surface area contributed by atoms with Crippen molar-refractivity contribution in [2.45, 2.75) is 26.2 Å². The molecule has 21 heavy (non-hydrogen) atoms. The molecule has 110 valence electrons. The van der Waals surface area contributed by atoms with Crippen LogP contribution < -0.4 is 11.1 Å². The number of carbonyl (C=O) groups excluding carboxylic acids is 1. The Morgan fingerprint density at radius 1 is 1.33 bits per heavy atom. The number of nitrogens with one attached hydrogen (secondary N) is 1. The number of nitrogens with two attached hydrogens (primary N) is 1. The molecule has 0 aliphatic rings. The highest BCUT2D eigenvalue weighted by atomic mass is 16.1. The number of unbranched alkanes of at least 4 members (excludes halogenated alkanes) is 1. The van der Waals surface area contributed by atoms with Crippen molar-refractivity contribution in [2.24, 2.45) is 5.73 Å². The number of aryl methyl sites for hydroxylation is 1. The molecule has 0 aliphatic carbocycles. The van der Waals surface area contributed by atoms with Gasteiger partial charge in [0.25, 0.3) is 5.91 Å². The fourth-order valence-corrected chi connectivity index (χ4v) is 2.25. The zero-order valence-corrected chi connectivity index (χ0v) is 12.4. The van der Waals surface area contributed by atoms with E-state index < -0.39 is 5.91 Å². The number of anilines is 1. The second-order valence-electron chi connectivity index (χ2n) is 4.83. The van der Waals surface area contributed by atoms with Gasteiger partial charge < -0.3 is 11.1 Å². The van der Waals surface area contributed by atoms with Gasteiger partial charge in [0.15, 0.2) is 0 Å². The van der Waals surface area contributed by atoms with Gasteiger partial charge in [0.05, 0.1) is 11.3 Å².